The lowest BCUT2D eigenvalue weighted by atomic mass is 9.48. The van der Waals surface area contributed by atoms with Gasteiger partial charge in [0.05, 0.1) is 10.9 Å². The van der Waals surface area contributed by atoms with E-state index >= 15 is 0 Å². The van der Waals surface area contributed by atoms with Crippen molar-refractivity contribution in [3.8, 4) is 0 Å². The van der Waals surface area contributed by atoms with Crippen LogP contribution in [0, 0.1) is 35.5 Å². The Hall–Kier alpha value is -1.99. The van der Waals surface area contributed by atoms with Gasteiger partial charge in [-0.05, 0) is 171 Å². The molecular formula is C38H43S+. The Kier molecular flexibility index (Phi) is 5.32. The summed E-state index contributed by atoms with van der Waals surface area (Å²) in [7, 11) is -0.0545. The Labute approximate surface area is 238 Å². The van der Waals surface area contributed by atoms with Crippen LogP contribution in [-0.4, -0.2) is 0 Å². The van der Waals surface area contributed by atoms with Gasteiger partial charge in [-0.15, -0.1) is 0 Å². The lowest BCUT2D eigenvalue weighted by Gasteiger charge is -2.57. The van der Waals surface area contributed by atoms with Gasteiger partial charge in [0, 0.05) is 0 Å². The van der Waals surface area contributed by atoms with E-state index in [-0.39, 0.29) is 10.9 Å². The van der Waals surface area contributed by atoms with Crippen LogP contribution in [0.1, 0.15) is 88.2 Å². The Morgan fingerprint density at radius 2 is 0.692 bits per heavy atom. The smallest absolute Gasteiger partial charge is 0.0619 e. The molecule has 8 aliphatic rings. The third kappa shape index (κ3) is 3.85. The van der Waals surface area contributed by atoms with Crippen molar-refractivity contribution >= 4 is 10.9 Å². The fourth-order valence-corrected chi connectivity index (χ4v) is 13.8. The van der Waals surface area contributed by atoms with Crippen molar-refractivity contribution in [1.82, 2.24) is 0 Å². The second-order valence-corrected chi connectivity index (χ2v) is 17.1. The van der Waals surface area contributed by atoms with Crippen molar-refractivity contribution in [2.75, 3.05) is 0 Å². The second kappa shape index (κ2) is 8.75. The van der Waals surface area contributed by atoms with Gasteiger partial charge >= 0.3 is 0 Å². The summed E-state index contributed by atoms with van der Waals surface area (Å²) in [6.07, 6.45) is 17.8. The molecule has 8 saturated carbocycles. The van der Waals surface area contributed by atoms with E-state index in [1.165, 1.54) is 91.7 Å². The van der Waals surface area contributed by atoms with Gasteiger partial charge in [0.15, 0.2) is 14.7 Å². The van der Waals surface area contributed by atoms with E-state index < -0.39 is 0 Å². The largest absolute Gasteiger partial charge is 0.166 e. The Balaban J connectivity index is 1.05. The zero-order chi connectivity index (χ0) is 25.6. The summed E-state index contributed by atoms with van der Waals surface area (Å²) in [5, 5.41) is 0. The predicted molar refractivity (Wildman–Crippen MR) is 161 cm³/mol. The number of hydrogen-bond donors (Lipinski definition) is 0. The van der Waals surface area contributed by atoms with E-state index in [2.05, 4.69) is 78.9 Å². The topological polar surface area (TPSA) is 0 Å². The highest BCUT2D eigenvalue weighted by Gasteiger charge is 2.53. The molecule has 39 heavy (non-hydrogen) atoms. The fraction of sp³-hybridized carbons (Fsp3) is 0.526. The lowest BCUT2D eigenvalue weighted by molar-refractivity contribution is -0.00532. The molecule has 0 radical (unpaired) electrons. The molecule has 0 N–H and O–H groups in total. The molecule has 0 amide bonds. The Morgan fingerprint density at radius 3 is 1.03 bits per heavy atom. The highest BCUT2D eigenvalue weighted by Crippen LogP contribution is 2.62. The summed E-state index contributed by atoms with van der Waals surface area (Å²) in [5.41, 5.74) is 4.27. The summed E-state index contributed by atoms with van der Waals surface area (Å²) in [5.74, 6) is 6.01. The van der Waals surface area contributed by atoms with Crippen LogP contribution in [0.25, 0.3) is 0 Å². The molecule has 8 bridgehead atoms. The minimum atomic E-state index is -0.0545. The van der Waals surface area contributed by atoms with E-state index in [0.717, 1.165) is 35.5 Å². The maximum atomic E-state index is 2.55. The first-order valence-electron chi connectivity index (χ1n) is 16.1. The van der Waals surface area contributed by atoms with Crippen molar-refractivity contribution in [3.05, 3.63) is 90.0 Å². The minimum absolute atomic E-state index is 0.0545. The van der Waals surface area contributed by atoms with Crippen LogP contribution in [0.5, 0.6) is 0 Å². The molecule has 0 nitrogen and oxygen atoms in total. The molecule has 3 aromatic carbocycles. The van der Waals surface area contributed by atoms with Gasteiger partial charge in [0.2, 0.25) is 0 Å². The highest BCUT2D eigenvalue weighted by molar-refractivity contribution is 7.97. The van der Waals surface area contributed by atoms with Gasteiger partial charge in [0.25, 0.3) is 0 Å². The van der Waals surface area contributed by atoms with E-state index in [1.807, 2.05) is 0 Å². The zero-order valence-corrected chi connectivity index (χ0v) is 24.2. The molecule has 11 rings (SSSR count). The van der Waals surface area contributed by atoms with Crippen molar-refractivity contribution in [2.24, 2.45) is 35.5 Å². The molecule has 3 aromatic rings. The third-order valence-electron chi connectivity index (χ3n) is 12.5. The highest BCUT2D eigenvalue weighted by atomic mass is 32.2. The van der Waals surface area contributed by atoms with Crippen LogP contribution in [0.3, 0.4) is 0 Å². The van der Waals surface area contributed by atoms with Crippen LogP contribution in [0.4, 0.5) is 0 Å². The number of benzene rings is 3. The van der Waals surface area contributed by atoms with Gasteiger partial charge in [-0.1, -0.05) is 42.5 Å². The molecule has 0 aromatic heterocycles. The first kappa shape index (κ1) is 23.7. The minimum Gasteiger partial charge on any atom is -0.0619 e. The standard InChI is InChI=1S/C38H43S/c1-2-4-34(5-3-1)39(35-10-6-32(7-11-35)37-20-26-14-27(21-37)16-28(15-26)22-37)36-12-8-33(9-13-36)38-23-29-17-30(24-38)19-31(18-29)25-38/h1-13,26-31H,14-25H2/q+1. The van der Waals surface area contributed by atoms with E-state index in [1.54, 1.807) is 11.1 Å². The van der Waals surface area contributed by atoms with E-state index in [4.69, 9.17) is 0 Å². The number of hydrogen-bond acceptors (Lipinski definition) is 0. The second-order valence-electron chi connectivity index (χ2n) is 15.1. The molecule has 0 heterocycles. The zero-order valence-electron chi connectivity index (χ0n) is 23.4. The average molecular weight is 532 g/mol. The van der Waals surface area contributed by atoms with Crippen molar-refractivity contribution < 1.29 is 0 Å². The lowest BCUT2D eigenvalue weighted by Crippen LogP contribution is -2.48. The third-order valence-corrected chi connectivity index (χ3v) is 14.7. The number of rotatable bonds is 5. The molecule has 1 heteroatoms. The summed E-state index contributed by atoms with van der Waals surface area (Å²) < 4.78 is 0. The van der Waals surface area contributed by atoms with Crippen LogP contribution in [0.2, 0.25) is 0 Å². The summed E-state index contributed by atoms with van der Waals surface area (Å²) in [4.78, 5) is 4.41. The maximum absolute atomic E-state index is 2.55. The monoisotopic (exact) mass is 531 g/mol. The van der Waals surface area contributed by atoms with Crippen molar-refractivity contribution in [3.63, 3.8) is 0 Å². The van der Waals surface area contributed by atoms with Gasteiger partial charge in [0.1, 0.15) is 0 Å². The Bertz CT molecular complexity index is 1190. The molecule has 0 spiro atoms. The van der Waals surface area contributed by atoms with Gasteiger partial charge in [-0.25, -0.2) is 0 Å². The fourth-order valence-electron chi connectivity index (χ4n) is 11.8. The van der Waals surface area contributed by atoms with Crippen molar-refractivity contribution in [1.29, 1.82) is 0 Å². The maximum Gasteiger partial charge on any atom is 0.166 e. The molecule has 0 aliphatic heterocycles. The molecule has 200 valence electrons. The predicted octanol–water partition coefficient (Wildman–Crippen LogP) is 9.72. The normalized spacial score (nSPS) is 40.2. The van der Waals surface area contributed by atoms with E-state index in [0.29, 0.717) is 10.8 Å². The van der Waals surface area contributed by atoms with Crippen LogP contribution < -0.4 is 0 Å². The van der Waals surface area contributed by atoms with E-state index in [9.17, 15) is 0 Å². The first-order chi connectivity index (χ1) is 19.1. The average Bonchev–Trinajstić information content (AvgIpc) is 2.93. The molecule has 8 aliphatic carbocycles. The summed E-state index contributed by atoms with van der Waals surface area (Å²) in [6, 6.07) is 31.6. The first-order valence-corrected chi connectivity index (χ1v) is 17.4. The molecule has 8 fully saturated rings. The van der Waals surface area contributed by atoms with Crippen LogP contribution >= 0.6 is 0 Å². The molecule has 0 saturated heterocycles. The summed E-state index contributed by atoms with van der Waals surface area (Å²) >= 11 is 0. The van der Waals surface area contributed by atoms with Gasteiger partial charge in [-0.2, -0.15) is 0 Å². The molecule has 0 atom stereocenters. The summed E-state index contributed by atoms with van der Waals surface area (Å²) in [6.45, 7) is 0. The molecule has 0 unspecified atom stereocenters. The van der Waals surface area contributed by atoms with Crippen molar-refractivity contribution in [2.45, 2.75) is 103 Å². The quantitative estimate of drug-likeness (QED) is 0.287. The van der Waals surface area contributed by atoms with Crippen LogP contribution in [0.15, 0.2) is 93.5 Å². The van der Waals surface area contributed by atoms with Crippen LogP contribution in [-0.2, 0) is 21.7 Å². The SMILES string of the molecule is c1ccc([S+](c2ccc(C34CC5CC(CC(C5)C3)C4)cc2)c2ccc(C34CC5CC(CC(C5)C3)C4)cc2)cc1. The van der Waals surface area contributed by atoms with Gasteiger partial charge in [-0.3, -0.25) is 0 Å². The Morgan fingerprint density at radius 1 is 0.385 bits per heavy atom. The van der Waals surface area contributed by atoms with Gasteiger partial charge < -0.3 is 0 Å². The molecular weight excluding hydrogens is 488 g/mol.